The number of amides is 2. The van der Waals surface area contributed by atoms with E-state index in [1.165, 1.54) is 12.8 Å². The van der Waals surface area contributed by atoms with Crippen molar-refractivity contribution in [1.29, 1.82) is 0 Å². The quantitative estimate of drug-likeness (QED) is 0.660. The van der Waals surface area contributed by atoms with E-state index in [2.05, 4.69) is 15.5 Å². The Labute approximate surface area is 120 Å². The van der Waals surface area contributed by atoms with Crippen molar-refractivity contribution in [2.75, 3.05) is 20.6 Å². The van der Waals surface area contributed by atoms with E-state index >= 15 is 0 Å². The van der Waals surface area contributed by atoms with Crippen molar-refractivity contribution in [3.8, 4) is 0 Å². The van der Waals surface area contributed by atoms with Crippen LogP contribution in [0.25, 0.3) is 0 Å². The SMILES string of the molecule is CCC[C@H](NC(=O)NCC1(N(C)C)CCCC1)C(=O)O. The summed E-state index contributed by atoms with van der Waals surface area (Å²) in [5, 5.41) is 14.4. The molecular weight excluding hydrogens is 258 g/mol. The molecule has 0 aromatic carbocycles. The molecule has 0 saturated heterocycles. The Morgan fingerprint density at radius 1 is 1.30 bits per heavy atom. The fraction of sp³-hybridized carbons (Fsp3) is 0.857. The lowest BCUT2D eigenvalue weighted by atomic mass is 9.96. The maximum absolute atomic E-state index is 11.9. The van der Waals surface area contributed by atoms with Crippen molar-refractivity contribution in [2.24, 2.45) is 0 Å². The van der Waals surface area contributed by atoms with Crippen molar-refractivity contribution < 1.29 is 14.7 Å². The van der Waals surface area contributed by atoms with Crippen LogP contribution in [0.15, 0.2) is 0 Å². The van der Waals surface area contributed by atoms with Crippen molar-refractivity contribution >= 4 is 12.0 Å². The van der Waals surface area contributed by atoms with E-state index < -0.39 is 12.0 Å². The van der Waals surface area contributed by atoms with E-state index in [1.807, 2.05) is 21.0 Å². The van der Waals surface area contributed by atoms with Gasteiger partial charge in [-0.3, -0.25) is 0 Å². The number of carbonyl (C=O) groups excluding carboxylic acids is 1. The molecule has 0 aromatic heterocycles. The van der Waals surface area contributed by atoms with E-state index in [0.717, 1.165) is 19.3 Å². The van der Waals surface area contributed by atoms with Crippen LogP contribution in [0.5, 0.6) is 0 Å². The number of likely N-dealkylation sites (N-methyl/N-ethyl adjacent to an activating group) is 1. The average Bonchev–Trinajstić information content (AvgIpc) is 2.86. The van der Waals surface area contributed by atoms with Crippen molar-refractivity contribution in [2.45, 2.75) is 57.0 Å². The van der Waals surface area contributed by atoms with Crippen LogP contribution >= 0.6 is 0 Å². The standard InChI is InChI=1S/C14H27N3O3/c1-4-7-11(12(18)19)16-13(20)15-10-14(17(2)3)8-5-6-9-14/h11H,4-10H2,1-3H3,(H,18,19)(H2,15,16,20)/t11-/m0/s1. The normalized spacial score (nSPS) is 18.8. The molecule has 3 N–H and O–H groups in total. The van der Waals surface area contributed by atoms with Crippen molar-refractivity contribution in [3.63, 3.8) is 0 Å². The molecule has 0 aliphatic heterocycles. The van der Waals surface area contributed by atoms with Gasteiger partial charge in [-0.2, -0.15) is 0 Å². The number of rotatable bonds is 7. The molecule has 1 rings (SSSR count). The highest BCUT2D eigenvalue weighted by atomic mass is 16.4. The molecule has 1 atom stereocenters. The Kier molecular flexibility index (Phi) is 6.26. The molecule has 0 spiro atoms. The first-order valence-corrected chi connectivity index (χ1v) is 7.36. The lowest BCUT2D eigenvalue weighted by Crippen LogP contribution is -2.54. The van der Waals surface area contributed by atoms with Crippen LogP contribution in [0.3, 0.4) is 0 Å². The Balaban J connectivity index is 2.47. The van der Waals surface area contributed by atoms with Gasteiger partial charge in [0.15, 0.2) is 0 Å². The van der Waals surface area contributed by atoms with Crippen LogP contribution in [0.1, 0.15) is 45.4 Å². The third-order valence-corrected chi connectivity index (χ3v) is 4.24. The van der Waals surface area contributed by atoms with Crippen LogP contribution < -0.4 is 10.6 Å². The fourth-order valence-electron chi connectivity index (χ4n) is 2.82. The molecule has 20 heavy (non-hydrogen) atoms. The van der Waals surface area contributed by atoms with Gasteiger partial charge >= 0.3 is 12.0 Å². The number of urea groups is 1. The summed E-state index contributed by atoms with van der Waals surface area (Å²) in [6.45, 7) is 2.46. The number of aliphatic carboxylic acids is 1. The zero-order valence-electron chi connectivity index (χ0n) is 12.7. The summed E-state index contributed by atoms with van der Waals surface area (Å²) in [5.74, 6) is -0.981. The number of carboxylic acids is 1. The van der Waals surface area contributed by atoms with E-state index in [1.54, 1.807) is 0 Å². The molecule has 1 saturated carbocycles. The maximum Gasteiger partial charge on any atom is 0.326 e. The van der Waals surface area contributed by atoms with Crippen LogP contribution in [-0.4, -0.2) is 54.2 Å². The zero-order valence-corrected chi connectivity index (χ0v) is 12.7. The third kappa shape index (κ3) is 4.37. The number of carboxylic acid groups (broad SMARTS) is 1. The van der Waals surface area contributed by atoms with Gasteiger partial charge in [0.2, 0.25) is 0 Å². The summed E-state index contributed by atoms with van der Waals surface area (Å²) in [5.41, 5.74) is 0.0147. The second-order valence-electron chi connectivity index (χ2n) is 5.83. The van der Waals surface area contributed by atoms with Crippen LogP contribution in [-0.2, 0) is 4.79 Å². The zero-order chi connectivity index (χ0) is 15.2. The highest BCUT2D eigenvalue weighted by Crippen LogP contribution is 2.32. The molecule has 1 fully saturated rings. The Morgan fingerprint density at radius 2 is 1.90 bits per heavy atom. The van der Waals surface area contributed by atoms with E-state index in [4.69, 9.17) is 5.11 Å². The Morgan fingerprint density at radius 3 is 2.35 bits per heavy atom. The summed E-state index contributed by atoms with van der Waals surface area (Å²) < 4.78 is 0. The predicted molar refractivity (Wildman–Crippen MR) is 77.8 cm³/mol. The topological polar surface area (TPSA) is 81.7 Å². The first-order valence-electron chi connectivity index (χ1n) is 7.36. The van der Waals surface area contributed by atoms with Crippen molar-refractivity contribution in [3.05, 3.63) is 0 Å². The van der Waals surface area contributed by atoms with Gasteiger partial charge in [0, 0.05) is 12.1 Å². The third-order valence-electron chi connectivity index (χ3n) is 4.24. The van der Waals surface area contributed by atoms with Crippen LogP contribution in [0.4, 0.5) is 4.79 Å². The van der Waals surface area contributed by atoms with Gasteiger partial charge in [-0.15, -0.1) is 0 Å². The molecule has 116 valence electrons. The number of hydrogen-bond acceptors (Lipinski definition) is 3. The smallest absolute Gasteiger partial charge is 0.326 e. The van der Waals surface area contributed by atoms with Gasteiger partial charge in [-0.1, -0.05) is 26.2 Å². The van der Waals surface area contributed by atoms with Gasteiger partial charge in [-0.25, -0.2) is 9.59 Å². The molecule has 0 bridgehead atoms. The summed E-state index contributed by atoms with van der Waals surface area (Å²) >= 11 is 0. The lowest BCUT2D eigenvalue weighted by Gasteiger charge is -2.36. The minimum Gasteiger partial charge on any atom is -0.480 e. The first-order chi connectivity index (χ1) is 9.41. The second-order valence-corrected chi connectivity index (χ2v) is 5.83. The highest BCUT2D eigenvalue weighted by Gasteiger charge is 2.36. The molecule has 0 unspecified atom stereocenters. The lowest BCUT2D eigenvalue weighted by molar-refractivity contribution is -0.139. The molecule has 6 heteroatoms. The first kappa shape index (κ1) is 16.8. The molecule has 2 amide bonds. The van der Waals surface area contributed by atoms with Gasteiger partial charge in [0.25, 0.3) is 0 Å². The predicted octanol–water partition coefficient (Wildman–Crippen LogP) is 1.41. The molecule has 0 heterocycles. The van der Waals surface area contributed by atoms with Gasteiger partial charge < -0.3 is 20.6 Å². The van der Waals surface area contributed by atoms with Crippen molar-refractivity contribution in [1.82, 2.24) is 15.5 Å². The average molecular weight is 285 g/mol. The summed E-state index contributed by atoms with van der Waals surface area (Å²) in [6.07, 6.45) is 5.65. The maximum atomic E-state index is 11.9. The highest BCUT2D eigenvalue weighted by molar-refractivity contribution is 5.82. The summed E-state index contributed by atoms with van der Waals surface area (Å²) in [7, 11) is 4.06. The number of nitrogens with zero attached hydrogens (tertiary/aromatic N) is 1. The monoisotopic (exact) mass is 285 g/mol. The molecule has 6 nitrogen and oxygen atoms in total. The summed E-state index contributed by atoms with van der Waals surface area (Å²) in [4.78, 5) is 25.0. The Bertz CT molecular complexity index is 339. The number of carbonyl (C=O) groups is 2. The molecule has 0 aromatic rings. The molecule has 0 radical (unpaired) electrons. The van der Waals surface area contributed by atoms with Gasteiger partial charge in [0.05, 0.1) is 0 Å². The van der Waals surface area contributed by atoms with Crippen LogP contribution in [0, 0.1) is 0 Å². The summed E-state index contributed by atoms with van der Waals surface area (Å²) in [6, 6.07) is -1.20. The van der Waals surface area contributed by atoms with Gasteiger partial charge in [0.1, 0.15) is 6.04 Å². The van der Waals surface area contributed by atoms with E-state index in [-0.39, 0.29) is 11.6 Å². The van der Waals surface area contributed by atoms with Gasteiger partial charge in [-0.05, 0) is 33.4 Å². The fourth-order valence-corrected chi connectivity index (χ4v) is 2.82. The molecular formula is C14H27N3O3. The van der Waals surface area contributed by atoms with Crippen LogP contribution in [0.2, 0.25) is 0 Å². The molecule has 1 aliphatic carbocycles. The minimum absolute atomic E-state index is 0.0147. The molecule has 1 aliphatic rings. The second kappa shape index (κ2) is 7.47. The van der Waals surface area contributed by atoms with E-state index in [0.29, 0.717) is 13.0 Å². The van der Waals surface area contributed by atoms with E-state index in [9.17, 15) is 9.59 Å². The Hall–Kier alpha value is -1.30. The number of hydrogen-bond donors (Lipinski definition) is 3. The largest absolute Gasteiger partial charge is 0.480 e. The number of nitrogens with one attached hydrogen (secondary N) is 2. The minimum atomic E-state index is -0.981.